The first-order valence-electron chi connectivity index (χ1n) is 5.64. The molecule has 2 aromatic rings. The van der Waals surface area contributed by atoms with E-state index in [2.05, 4.69) is 15.0 Å². The molecule has 0 spiro atoms. The van der Waals surface area contributed by atoms with Gasteiger partial charge in [-0.05, 0) is 38.0 Å². The zero-order valence-electron chi connectivity index (χ0n) is 10.2. The zero-order valence-corrected chi connectivity index (χ0v) is 10.2. The van der Waals surface area contributed by atoms with E-state index in [1.54, 1.807) is 13.1 Å². The second kappa shape index (κ2) is 4.49. The van der Waals surface area contributed by atoms with Crippen LogP contribution < -0.4 is 5.56 Å². The summed E-state index contributed by atoms with van der Waals surface area (Å²) in [6, 6.07) is 3.82. The summed E-state index contributed by atoms with van der Waals surface area (Å²) in [4.78, 5) is 23.2. The Kier molecular flexibility index (Phi) is 3.04. The van der Waals surface area contributed by atoms with Gasteiger partial charge >= 0.3 is 0 Å². The summed E-state index contributed by atoms with van der Waals surface area (Å²) in [5.74, 6) is 0.543. The van der Waals surface area contributed by atoms with E-state index < -0.39 is 0 Å². The molecule has 0 aliphatic heterocycles. The molecule has 17 heavy (non-hydrogen) atoms. The van der Waals surface area contributed by atoms with Crippen molar-refractivity contribution >= 4 is 0 Å². The molecule has 0 saturated carbocycles. The van der Waals surface area contributed by atoms with Crippen molar-refractivity contribution in [3.63, 3.8) is 0 Å². The molecule has 2 rings (SSSR count). The summed E-state index contributed by atoms with van der Waals surface area (Å²) in [6.07, 6.45) is 2.46. The Hall–Kier alpha value is -1.97. The van der Waals surface area contributed by atoms with Gasteiger partial charge in [0.15, 0.2) is 5.82 Å². The second-order valence-corrected chi connectivity index (χ2v) is 4.06. The summed E-state index contributed by atoms with van der Waals surface area (Å²) >= 11 is 0. The van der Waals surface area contributed by atoms with Crippen LogP contribution in [0.3, 0.4) is 0 Å². The van der Waals surface area contributed by atoms with E-state index >= 15 is 0 Å². The maximum atomic E-state index is 11.8. The summed E-state index contributed by atoms with van der Waals surface area (Å²) in [6.45, 7) is 5.76. The van der Waals surface area contributed by atoms with Crippen LogP contribution in [0, 0.1) is 13.8 Å². The Morgan fingerprint density at radius 3 is 2.76 bits per heavy atom. The van der Waals surface area contributed by atoms with Gasteiger partial charge in [0, 0.05) is 11.8 Å². The molecule has 0 bridgehead atoms. The molecular formula is C13H15N3O. The molecule has 2 aromatic heterocycles. The summed E-state index contributed by atoms with van der Waals surface area (Å²) < 4.78 is 0. The Bertz CT molecular complexity index is 602. The van der Waals surface area contributed by atoms with Crippen LogP contribution in [0.1, 0.15) is 23.7 Å². The molecule has 0 radical (unpaired) electrons. The highest BCUT2D eigenvalue weighted by atomic mass is 16.1. The first kappa shape index (κ1) is 11.5. The topological polar surface area (TPSA) is 58.6 Å². The lowest BCUT2D eigenvalue weighted by molar-refractivity contribution is 0.948. The van der Waals surface area contributed by atoms with Crippen molar-refractivity contribution in [1.29, 1.82) is 0 Å². The van der Waals surface area contributed by atoms with Crippen molar-refractivity contribution < 1.29 is 0 Å². The third-order valence-electron chi connectivity index (χ3n) is 2.75. The maximum Gasteiger partial charge on any atom is 0.254 e. The molecule has 4 heteroatoms. The van der Waals surface area contributed by atoms with Crippen molar-refractivity contribution in [2.24, 2.45) is 0 Å². The maximum absolute atomic E-state index is 11.8. The van der Waals surface area contributed by atoms with Crippen LogP contribution in [0.25, 0.3) is 11.5 Å². The molecule has 4 nitrogen and oxygen atoms in total. The molecule has 0 aliphatic rings. The van der Waals surface area contributed by atoms with E-state index in [4.69, 9.17) is 0 Å². The molecule has 0 unspecified atom stereocenters. The highest BCUT2D eigenvalue weighted by molar-refractivity contribution is 5.50. The zero-order chi connectivity index (χ0) is 12.4. The Morgan fingerprint density at radius 2 is 2.12 bits per heavy atom. The number of hydrogen-bond acceptors (Lipinski definition) is 3. The number of hydrogen-bond donors (Lipinski definition) is 1. The monoisotopic (exact) mass is 229 g/mol. The number of nitrogens with one attached hydrogen (secondary N) is 1. The minimum absolute atomic E-state index is 0.0878. The van der Waals surface area contributed by atoms with E-state index in [1.165, 1.54) is 0 Å². The first-order valence-corrected chi connectivity index (χ1v) is 5.64. The molecule has 88 valence electrons. The Balaban J connectivity index is 2.61. The molecular weight excluding hydrogens is 214 g/mol. The van der Waals surface area contributed by atoms with Crippen molar-refractivity contribution in [1.82, 2.24) is 15.0 Å². The van der Waals surface area contributed by atoms with Crippen LogP contribution in [0.2, 0.25) is 0 Å². The van der Waals surface area contributed by atoms with Crippen LogP contribution >= 0.6 is 0 Å². The number of nitrogens with zero attached hydrogens (tertiary/aromatic N) is 2. The lowest BCUT2D eigenvalue weighted by Crippen LogP contribution is -2.16. The summed E-state index contributed by atoms with van der Waals surface area (Å²) in [5, 5.41) is 0. The highest BCUT2D eigenvalue weighted by Gasteiger charge is 2.08. The van der Waals surface area contributed by atoms with Gasteiger partial charge < -0.3 is 4.98 Å². The molecule has 0 saturated heterocycles. The number of pyridine rings is 1. The first-order chi connectivity index (χ1) is 8.11. The number of aromatic nitrogens is 3. The van der Waals surface area contributed by atoms with Gasteiger partial charge in [0.1, 0.15) is 5.69 Å². The van der Waals surface area contributed by atoms with Gasteiger partial charge in [0.2, 0.25) is 0 Å². The van der Waals surface area contributed by atoms with Gasteiger partial charge in [0.25, 0.3) is 5.56 Å². The fourth-order valence-electron chi connectivity index (χ4n) is 1.71. The van der Waals surface area contributed by atoms with Gasteiger partial charge in [-0.15, -0.1) is 0 Å². The van der Waals surface area contributed by atoms with E-state index in [9.17, 15) is 4.79 Å². The summed E-state index contributed by atoms with van der Waals surface area (Å²) in [7, 11) is 0. The van der Waals surface area contributed by atoms with Crippen LogP contribution in [0.15, 0.2) is 23.1 Å². The predicted molar refractivity (Wildman–Crippen MR) is 66.9 cm³/mol. The quantitative estimate of drug-likeness (QED) is 0.857. The average molecular weight is 229 g/mol. The van der Waals surface area contributed by atoms with Crippen LogP contribution in [-0.2, 0) is 6.42 Å². The minimum Gasteiger partial charge on any atom is -0.305 e. The number of aryl methyl sites for hydroxylation is 2. The van der Waals surface area contributed by atoms with Crippen LogP contribution in [0.4, 0.5) is 0 Å². The SMILES string of the molecule is CCc1nc(-c2cc(C)ccn2)[nH]c(=O)c1C. The Labute approximate surface area is 99.8 Å². The number of H-pyrrole nitrogens is 1. The van der Waals surface area contributed by atoms with Gasteiger partial charge in [0.05, 0.1) is 5.69 Å². The van der Waals surface area contributed by atoms with Crippen LogP contribution in [0.5, 0.6) is 0 Å². The number of aromatic amines is 1. The van der Waals surface area contributed by atoms with Crippen molar-refractivity contribution in [2.45, 2.75) is 27.2 Å². The van der Waals surface area contributed by atoms with Crippen molar-refractivity contribution in [2.75, 3.05) is 0 Å². The molecule has 2 heterocycles. The van der Waals surface area contributed by atoms with E-state index in [0.29, 0.717) is 17.1 Å². The smallest absolute Gasteiger partial charge is 0.254 e. The molecule has 0 aromatic carbocycles. The molecule has 0 amide bonds. The minimum atomic E-state index is -0.0878. The van der Waals surface area contributed by atoms with Crippen LogP contribution in [-0.4, -0.2) is 15.0 Å². The normalized spacial score (nSPS) is 10.5. The molecule has 0 aliphatic carbocycles. The van der Waals surface area contributed by atoms with E-state index in [0.717, 1.165) is 17.7 Å². The Morgan fingerprint density at radius 1 is 1.35 bits per heavy atom. The van der Waals surface area contributed by atoms with E-state index in [-0.39, 0.29) is 5.56 Å². The van der Waals surface area contributed by atoms with Gasteiger partial charge in [-0.25, -0.2) is 4.98 Å². The molecule has 1 N–H and O–H groups in total. The van der Waals surface area contributed by atoms with E-state index in [1.807, 2.05) is 26.0 Å². The number of rotatable bonds is 2. The van der Waals surface area contributed by atoms with Crippen molar-refractivity contribution in [3.05, 3.63) is 45.5 Å². The third-order valence-corrected chi connectivity index (χ3v) is 2.75. The average Bonchev–Trinajstić information content (AvgIpc) is 2.32. The highest BCUT2D eigenvalue weighted by Crippen LogP contribution is 2.13. The largest absolute Gasteiger partial charge is 0.305 e. The standard InChI is InChI=1S/C13H15N3O/c1-4-10-9(3)13(17)16-12(15-10)11-7-8(2)5-6-14-11/h5-7H,4H2,1-3H3,(H,15,16,17). The fourth-order valence-corrected chi connectivity index (χ4v) is 1.71. The second-order valence-electron chi connectivity index (χ2n) is 4.06. The summed E-state index contributed by atoms with van der Waals surface area (Å²) in [5.41, 5.74) is 3.22. The van der Waals surface area contributed by atoms with Gasteiger partial charge in [-0.1, -0.05) is 6.92 Å². The fraction of sp³-hybridized carbons (Fsp3) is 0.308. The lowest BCUT2D eigenvalue weighted by atomic mass is 10.2. The lowest BCUT2D eigenvalue weighted by Gasteiger charge is -2.05. The van der Waals surface area contributed by atoms with Crippen molar-refractivity contribution in [3.8, 4) is 11.5 Å². The predicted octanol–water partition coefficient (Wildman–Crippen LogP) is 2.01. The van der Waals surface area contributed by atoms with Gasteiger partial charge in [-0.3, -0.25) is 9.78 Å². The molecule has 0 atom stereocenters. The molecule has 0 fully saturated rings. The third kappa shape index (κ3) is 2.25. The van der Waals surface area contributed by atoms with Gasteiger partial charge in [-0.2, -0.15) is 0 Å².